The lowest BCUT2D eigenvalue weighted by molar-refractivity contribution is 0.249. The molecule has 1 aliphatic rings. The summed E-state index contributed by atoms with van der Waals surface area (Å²) >= 11 is 2.23. The minimum Gasteiger partial charge on any atom is -0.496 e. The Morgan fingerprint density at radius 3 is 2.66 bits per heavy atom. The van der Waals surface area contributed by atoms with Gasteiger partial charge in [-0.15, -0.1) is 0 Å². The summed E-state index contributed by atoms with van der Waals surface area (Å²) in [7, 11) is 1.67. The van der Waals surface area contributed by atoms with Crippen LogP contribution in [0.3, 0.4) is 0 Å². The maximum Gasteiger partial charge on any atom is 0.224 e. The van der Waals surface area contributed by atoms with E-state index in [4.69, 9.17) is 15.2 Å². The maximum atomic E-state index is 6.14. The van der Waals surface area contributed by atoms with Crippen LogP contribution in [-0.2, 0) is 0 Å². The topological polar surface area (TPSA) is 97.6 Å². The van der Waals surface area contributed by atoms with E-state index in [1.165, 1.54) is 0 Å². The van der Waals surface area contributed by atoms with Gasteiger partial charge in [0.25, 0.3) is 0 Å². The van der Waals surface area contributed by atoms with E-state index in [-0.39, 0.29) is 5.92 Å². The molecule has 0 saturated carbocycles. The second kappa shape index (κ2) is 10.3. The number of nitrogen functional groups attached to an aromatic ring is 1. The predicted octanol–water partition coefficient (Wildman–Crippen LogP) is 2.90. The van der Waals surface area contributed by atoms with Gasteiger partial charge in [0, 0.05) is 44.8 Å². The zero-order chi connectivity index (χ0) is 20.8. The lowest BCUT2D eigenvalue weighted by atomic mass is 10.0. The number of hydrogen-bond acceptors (Lipinski definition) is 8. The Hall–Kier alpha value is -1.85. The van der Waals surface area contributed by atoms with Gasteiger partial charge in [0.1, 0.15) is 11.5 Å². The Labute approximate surface area is 185 Å². The number of nitrogens with one attached hydrogen (secondary N) is 2. The molecule has 0 bridgehead atoms. The fourth-order valence-electron chi connectivity index (χ4n) is 3.17. The van der Waals surface area contributed by atoms with E-state index in [2.05, 4.69) is 61.9 Å². The average molecular weight is 512 g/mol. The van der Waals surface area contributed by atoms with Crippen LogP contribution in [0.2, 0.25) is 0 Å². The van der Waals surface area contributed by atoms with Gasteiger partial charge in [-0.1, -0.05) is 13.8 Å². The number of aromatic nitrogens is 2. The van der Waals surface area contributed by atoms with Crippen molar-refractivity contribution in [2.45, 2.75) is 19.8 Å². The number of rotatable bonds is 8. The molecule has 3 rings (SSSR count). The highest BCUT2D eigenvalue weighted by Gasteiger charge is 2.16. The SMILES string of the molecule is COc1cc(C(C)C)c(Oc2cnc(NCCN3CCNCC3)nc2N)cc1I. The molecule has 4 N–H and O–H groups in total. The van der Waals surface area contributed by atoms with Crippen molar-refractivity contribution in [2.24, 2.45) is 0 Å². The second-order valence-corrected chi connectivity index (χ2v) is 8.41. The van der Waals surface area contributed by atoms with Gasteiger partial charge in [-0.05, 0) is 40.6 Å². The van der Waals surface area contributed by atoms with E-state index in [1.807, 2.05) is 12.1 Å². The molecule has 2 heterocycles. The Morgan fingerprint density at radius 1 is 1.24 bits per heavy atom. The number of piperazine rings is 1. The zero-order valence-electron chi connectivity index (χ0n) is 17.2. The molecule has 0 radical (unpaired) electrons. The van der Waals surface area contributed by atoms with Crippen LogP contribution in [0, 0.1) is 3.57 Å². The third kappa shape index (κ3) is 5.83. The first-order valence-electron chi connectivity index (χ1n) is 9.82. The van der Waals surface area contributed by atoms with Crippen molar-refractivity contribution in [3.8, 4) is 17.2 Å². The molecule has 2 aromatic rings. The Kier molecular flexibility index (Phi) is 7.73. The van der Waals surface area contributed by atoms with Gasteiger partial charge in [-0.25, -0.2) is 4.98 Å². The molecule has 29 heavy (non-hydrogen) atoms. The molecular weight excluding hydrogens is 483 g/mol. The molecule has 1 fully saturated rings. The predicted molar refractivity (Wildman–Crippen MR) is 124 cm³/mol. The number of nitrogens with two attached hydrogens (primary N) is 1. The fraction of sp³-hybridized carbons (Fsp3) is 0.500. The van der Waals surface area contributed by atoms with Crippen LogP contribution in [0.4, 0.5) is 11.8 Å². The van der Waals surface area contributed by atoms with Crippen LogP contribution in [0.5, 0.6) is 17.2 Å². The average Bonchev–Trinajstić information content (AvgIpc) is 2.70. The highest BCUT2D eigenvalue weighted by molar-refractivity contribution is 14.1. The van der Waals surface area contributed by atoms with Crippen molar-refractivity contribution in [3.05, 3.63) is 27.5 Å². The number of halogens is 1. The normalized spacial score (nSPS) is 14.8. The molecule has 1 saturated heterocycles. The van der Waals surface area contributed by atoms with E-state index in [0.717, 1.165) is 59.9 Å². The van der Waals surface area contributed by atoms with Gasteiger partial charge in [0.15, 0.2) is 11.6 Å². The van der Waals surface area contributed by atoms with E-state index >= 15 is 0 Å². The number of methoxy groups -OCH3 is 1. The summed E-state index contributed by atoms with van der Waals surface area (Å²) in [5.74, 6) is 3.10. The van der Waals surface area contributed by atoms with Crippen LogP contribution in [0.25, 0.3) is 0 Å². The second-order valence-electron chi connectivity index (χ2n) is 7.24. The number of ether oxygens (including phenoxy) is 2. The molecular formula is C20H29IN6O2. The maximum absolute atomic E-state index is 6.14. The summed E-state index contributed by atoms with van der Waals surface area (Å²) < 4.78 is 12.5. The number of hydrogen-bond donors (Lipinski definition) is 3. The highest BCUT2D eigenvalue weighted by atomic mass is 127. The van der Waals surface area contributed by atoms with Crippen LogP contribution in [0.15, 0.2) is 18.3 Å². The molecule has 8 nitrogen and oxygen atoms in total. The molecule has 1 aliphatic heterocycles. The summed E-state index contributed by atoms with van der Waals surface area (Å²) in [5, 5.41) is 6.59. The lowest BCUT2D eigenvalue weighted by Crippen LogP contribution is -2.45. The van der Waals surface area contributed by atoms with E-state index in [1.54, 1.807) is 13.3 Å². The first-order valence-corrected chi connectivity index (χ1v) is 10.9. The summed E-state index contributed by atoms with van der Waals surface area (Å²) in [6.45, 7) is 10.2. The third-order valence-corrected chi connectivity index (χ3v) is 5.67. The summed E-state index contributed by atoms with van der Waals surface area (Å²) in [6.07, 6.45) is 1.62. The van der Waals surface area contributed by atoms with Gasteiger partial charge < -0.3 is 25.8 Å². The Balaban J connectivity index is 1.66. The molecule has 0 aliphatic carbocycles. The van der Waals surface area contributed by atoms with Crippen molar-refractivity contribution in [3.63, 3.8) is 0 Å². The smallest absolute Gasteiger partial charge is 0.224 e. The van der Waals surface area contributed by atoms with Gasteiger partial charge in [-0.2, -0.15) is 4.98 Å². The first kappa shape index (κ1) is 21.8. The van der Waals surface area contributed by atoms with Crippen molar-refractivity contribution in [1.82, 2.24) is 20.2 Å². The molecule has 1 aromatic carbocycles. The van der Waals surface area contributed by atoms with Crippen molar-refractivity contribution in [1.29, 1.82) is 0 Å². The van der Waals surface area contributed by atoms with E-state index in [9.17, 15) is 0 Å². The quantitative estimate of drug-likeness (QED) is 0.465. The minimum atomic E-state index is 0.268. The minimum absolute atomic E-state index is 0.268. The summed E-state index contributed by atoms with van der Waals surface area (Å²) in [5.41, 5.74) is 7.18. The fourth-order valence-corrected chi connectivity index (χ4v) is 3.83. The lowest BCUT2D eigenvalue weighted by Gasteiger charge is -2.27. The van der Waals surface area contributed by atoms with Crippen molar-refractivity contribution >= 4 is 34.4 Å². The Morgan fingerprint density at radius 2 is 2.00 bits per heavy atom. The van der Waals surface area contributed by atoms with Gasteiger partial charge >= 0.3 is 0 Å². The summed E-state index contributed by atoms with van der Waals surface area (Å²) in [6, 6.07) is 3.96. The first-order chi connectivity index (χ1) is 14.0. The Bertz CT molecular complexity index is 827. The standard InChI is InChI=1S/C20H29IN6O2/c1-13(2)14-10-17(28-3)15(21)11-16(14)29-18-12-25-20(26-19(18)22)24-6-9-27-7-4-23-5-8-27/h10-13,23H,4-9H2,1-3H3,(H3,22,24,25,26). The monoisotopic (exact) mass is 512 g/mol. The molecule has 0 unspecified atom stereocenters. The van der Waals surface area contributed by atoms with Crippen LogP contribution >= 0.6 is 22.6 Å². The molecule has 9 heteroatoms. The van der Waals surface area contributed by atoms with Crippen molar-refractivity contribution < 1.29 is 9.47 Å². The third-order valence-electron chi connectivity index (χ3n) is 4.83. The number of anilines is 2. The summed E-state index contributed by atoms with van der Waals surface area (Å²) in [4.78, 5) is 11.1. The molecule has 0 spiro atoms. The van der Waals surface area contributed by atoms with Gasteiger partial charge in [-0.3, -0.25) is 4.90 Å². The van der Waals surface area contributed by atoms with Crippen LogP contribution < -0.4 is 25.8 Å². The van der Waals surface area contributed by atoms with Gasteiger partial charge in [0.05, 0.1) is 16.9 Å². The molecule has 0 atom stereocenters. The van der Waals surface area contributed by atoms with Gasteiger partial charge in [0.2, 0.25) is 5.95 Å². The van der Waals surface area contributed by atoms with Crippen molar-refractivity contribution in [2.75, 3.05) is 57.4 Å². The molecule has 158 valence electrons. The van der Waals surface area contributed by atoms with E-state index < -0.39 is 0 Å². The highest BCUT2D eigenvalue weighted by Crippen LogP contribution is 2.37. The zero-order valence-corrected chi connectivity index (χ0v) is 19.3. The molecule has 1 aromatic heterocycles. The van der Waals surface area contributed by atoms with Crippen LogP contribution in [0.1, 0.15) is 25.3 Å². The van der Waals surface area contributed by atoms with E-state index in [0.29, 0.717) is 17.5 Å². The number of nitrogens with zero attached hydrogens (tertiary/aromatic N) is 3. The number of benzene rings is 1. The van der Waals surface area contributed by atoms with Crippen LogP contribution in [-0.4, -0.2) is 61.2 Å². The largest absolute Gasteiger partial charge is 0.496 e. The molecule has 0 amide bonds.